The van der Waals surface area contributed by atoms with E-state index in [2.05, 4.69) is 17.6 Å². The Hall–Kier alpha value is -1.51. The first-order valence-corrected chi connectivity index (χ1v) is 12.6. The van der Waals surface area contributed by atoms with Gasteiger partial charge in [0.1, 0.15) is 0 Å². The predicted molar refractivity (Wildman–Crippen MR) is 124 cm³/mol. The molecule has 0 saturated heterocycles. The molecule has 0 radical (unpaired) electrons. The smallest absolute Gasteiger partial charge is 0.231 e. The Bertz CT molecular complexity index is 906. The fraction of sp³-hybridized carbons (Fsp3) is 0.792. The van der Waals surface area contributed by atoms with E-state index in [1.54, 1.807) is 0 Å². The lowest BCUT2D eigenvalue weighted by atomic mass is 9.47. The molecule has 0 spiro atoms. The van der Waals surface area contributed by atoms with E-state index in [1.807, 2.05) is 27.7 Å². The zero-order valence-electron chi connectivity index (χ0n) is 19.8. The molecule has 4 rings (SSSR count). The number of aromatic nitrogens is 1. The molecule has 1 aromatic heterocycles. The van der Waals surface area contributed by atoms with Gasteiger partial charge in [0.2, 0.25) is 11.8 Å². The normalized spacial score (nSPS) is 34.4. The SMILES string of the molecule is CC(C)(C)C(=O)Nc1nc2c(s1)CC1C(C)(CO)C(O)CCC1(C)C2CC(=O)NC1CC1. The number of nitrogens with zero attached hydrogens (tertiary/aromatic N) is 1. The number of nitrogens with one attached hydrogen (secondary N) is 2. The van der Waals surface area contributed by atoms with Crippen LogP contribution >= 0.6 is 11.3 Å². The minimum absolute atomic E-state index is 0.0154. The van der Waals surface area contributed by atoms with Crippen molar-refractivity contribution in [3.05, 3.63) is 10.6 Å². The van der Waals surface area contributed by atoms with Crippen LogP contribution in [0.2, 0.25) is 0 Å². The molecule has 2 saturated carbocycles. The number of carbonyl (C=O) groups excluding carboxylic acids is 2. The minimum atomic E-state index is -0.644. The monoisotopic (exact) mass is 463 g/mol. The lowest BCUT2D eigenvalue weighted by Gasteiger charge is -2.58. The number of aliphatic hydroxyl groups is 2. The van der Waals surface area contributed by atoms with Gasteiger partial charge in [0.25, 0.3) is 0 Å². The number of rotatable bonds is 5. The van der Waals surface area contributed by atoms with Gasteiger partial charge < -0.3 is 20.8 Å². The quantitative estimate of drug-likeness (QED) is 0.536. The minimum Gasteiger partial charge on any atom is -0.396 e. The van der Waals surface area contributed by atoms with Crippen LogP contribution in [0.15, 0.2) is 0 Å². The summed E-state index contributed by atoms with van der Waals surface area (Å²) in [5.74, 6) is -0.159. The molecule has 0 aliphatic heterocycles. The number of hydrogen-bond donors (Lipinski definition) is 4. The summed E-state index contributed by atoms with van der Waals surface area (Å²) in [6, 6.07) is 0.294. The molecule has 32 heavy (non-hydrogen) atoms. The van der Waals surface area contributed by atoms with E-state index >= 15 is 0 Å². The van der Waals surface area contributed by atoms with Gasteiger partial charge in [0.05, 0.1) is 18.4 Å². The number of carbonyl (C=O) groups is 2. The fourth-order valence-corrected chi connectivity index (χ4v) is 6.75. The first kappa shape index (κ1) is 23.6. The molecule has 1 aromatic rings. The number of amides is 2. The van der Waals surface area contributed by atoms with Crippen molar-refractivity contribution in [1.82, 2.24) is 10.3 Å². The highest BCUT2D eigenvalue weighted by Crippen LogP contribution is 2.62. The van der Waals surface area contributed by atoms with Crippen molar-refractivity contribution in [2.24, 2.45) is 22.2 Å². The van der Waals surface area contributed by atoms with Gasteiger partial charge in [0, 0.05) is 34.1 Å². The molecular formula is C24H37N3O4S. The molecule has 3 aliphatic rings. The van der Waals surface area contributed by atoms with Crippen LogP contribution in [0, 0.1) is 22.2 Å². The van der Waals surface area contributed by atoms with Gasteiger partial charge in [-0.3, -0.25) is 9.59 Å². The molecule has 7 nitrogen and oxygen atoms in total. The summed E-state index contributed by atoms with van der Waals surface area (Å²) >= 11 is 1.47. The predicted octanol–water partition coefficient (Wildman–Crippen LogP) is 3.21. The first-order chi connectivity index (χ1) is 14.9. The van der Waals surface area contributed by atoms with E-state index < -0.39 is 16.9 Å². The van der Waals surface area contributed by atoms with E-state index in [1.165, 1.54) is 11.3 Å². The van der Waals surface area contributed by atoms with Crippen LogP contribution in [0.3, 0.4) is 0 Å². The van der Waals surface area contributed by atoms with Crippen molar-refractivity contribution in [2.75, 3.05) is 11.9 Å². The molecular weight excluding hydrogens is 426 g/mol. The summed E-state index contributed by atoms with van der Waals surface area (Å²) in [5, 5.41) is 27.8. The van der Waals surface area contributed by atoms with Crippen LogP contribution in [-0.2, 0) is 16.0 Å². The van der Waals surface area contributed by atoms with E-state index in [-0.39, 0.29) is 35.7 Å². The van der Waals surface area contributed by atoms with Crippen molar-refractivity contribution >= 4 is 28.3 Å². The van der Waals surface area contributed by atoms with Crippen LogP contribution in [0.4, 0.5) is 5.13 Å². The van der Waals surface area contributed by atoms with Gasteiger partial charge in [-0.25, -0.2) is 4.98 Å². The van der Waals surface area contributed by atoms with Gasteiger partial charge in [0.15, 0.2) is 5.13 Å². The van der Waals surface area contributed by atoms with Crippen LogP contribution in [-0.4, -0.2) is 45.8 Å². The third-order valence-electron chi connectivity index (χ3n) is 8.13. The standard InChI is InChI=1S/C24H37N3O4S/c1-22(2,3)20(31)27-21-26-19-14(10-18(30)25-13-6-7-13)23(4)9-8-17(29)24(5,12-28)16(23)11-15(19)32-21/h13-14,16-17,28-29H,6-12H2,1-5H3,(H,25,30)(H,26,27,31). The lowest BCUT2D eigenvalue weighted by molar-refractivity contribution is -0.144. The molecule has 178 valence electrons. The first-order valence-electron chi connectivity index (χ1n) is 11.8. The zero-order chi connectivity index (χ0) is 23.5. The lowest BCUT2D eigenvalue weighted by Crippen LogP contribution is -2.57. The molecule has 2 amide bonds. The Kier molecular flexibility index (Phi) is 5.96. The number of hydrogen-bond acceptors (Lipinski definition) is 6. The number of thiazole rings is 1. The van der Waals surface area contributed by atoms with Crippen molar-refractivity contribution in [2.45, 2.75) is 91.2 Å². The Morgan fingerprint density at radius 1 is 1.22 bits per heavy atom. The summed E-state index contributed by atoms with van der Waals surface area (Å²) in [7, 11) is 0. The van der Waals surface area contributed by atoms with Crippen molar-refractivity contribution < 1.29 is 19.8 Å². The Balaban J connectivity index is 1.72. The second-order valence-electron chi connectivity index (χ2n) is 11.6. The fourth-order valence-electron chi connectivity index (χ4n) is 5.68. The molecule has 5 unspecified atom stereocenters. The van der Waals surface area contributed by atoms with Crippen LogP contribution in [0.5, 0.6) is 0 Å². The number of aliphatic hydroxyl groups excluding tert-OH is 2. The molecule has 0 aromatic carbocycles. The summed E-state index contributed by atoms with van der Waals surface area (Å²) in [4.78, 5) is 31.4. The highest BCUT2D eigenvalue weighted by molar-refractivity contribution is 7.15. The van der Waals surface area contributed by atoms with E-state index in [4.69, 9.17) is 4.98 Å². The van der Waals surface area contributed by atoms with Gasteiger partial charge in [-0.1, -0.05) is 34.6 Å². The van der Waals surface area contributed by atoms with Crippen molar-refractivity contribution in [3.8, 4) is 0 Å². The number of fused-ring (bicyclic) bond motifs is 2. The molecule has 5 atom stereocenters. The maximum atomic E-state index is 12.9. The molecule has 2 fully saturated rings. The summed E-state index contributed by atoms with van der Waals surface area (Å²) in [5.41, 5.74) is -0.547. The maximum Gasteiger partial charge on any atom is 0.231 e. The number of anilines is 1. The zero-order valence-corrected chi connectivity index (χ0v) is 20.6. The van der Waals surface area contributed by atoms with E-state index in [0.29, 0.717) is 30.4 Å². The third kappa shape index (κ3) is 4.10. The van der Waals surface area contributed by atoms with E-state index in [9.17, 15) is 19.8 Å². The summed E-state index contributed by atoms with van der Waals surface area (Å²) in [6.07, 6.45) is 3.88. The second kappa shape index (κ2) is 8.06. The molecule has 3 aliphatic carbocycles. The second-order valence-corrected chi connectivity index (χ2v) is 12.7. The molecule has 1 heterocycles. The highest BCUT2D eigenvalue weighted by atomic mass is 32.1. The Morgan fingerprint density at radius 3 is 2.50 bits per heavy atom. The van der Waals surface area contributed by atoms with Gasteiger partial charge in [-0.2, -0.15) is 0 Å². The van der Waals surface area contributed by atoms with Crippen molar-refractivity contribution in [1.29, 1.82) is 0 Å². The van der Waals surface area contributed by atoms with Crippen molar-refractivity contribution in [3.63, 3.8) is 0 Å². The van der Waals surface area contributed by atoms with E-state index in [0.717, 1.165) is 29.8 Å². The van der Waals surface area contributed by atoms with Gasteiger partial charge in [-0.05, 0) is 43.4 Å². The van der Waals surface area contributed by atoms with Gasteiger partial charge in [-0.15, -0.1) is 11.3 Å². The largest absolute Gasteiger partial charge is 0.396 e. The summed E-state index contributed by atoms with van der Waals surface area (Å²) < 4.78 is 0. The average molecular weight is 464 g/mol. The summed E-state index contributed by atoms with van der Waals surface area (Å²) in [6.45, 7) is 9.66. The molecule has 8 heteroatoms. The Labute approximate surface area is 194 Å². The third-order valence-corrected chi connectivity index (χ3v) is 9.14. The topological polar surface area (TPSA) is 112 Å². The van der Waals surface area contributed by atoms with Gasteiger partial charge >= 0.3 is 0 Å². The van der Waals surface area contributed by atoms with Crippen LogP contribution in [0.1, 0.15) is 83.2 Å². The Morgan fingerprint density at radius 2 is 1.91 bits per heavy atom. The van der Waals surface area contributed by atoms with Crippen LogP contribution < -0.4 is 10.6 Å². The molecule has 0 bridgehead atoms. The highest BCUT2D eigenvalue weighted by Gasteiger charge is 2.59. The van der Waals surface area contributed by atoms with Crippen LogP contribution in [0.25, 0.3) is 0 Å². The maximum absolute atomic E-state index is 12.9. The molecule has 4 N–H and O–H groups in total. The average Bonchev–Trinajstić information content (AvgIpc) is 3.43.